The normalized spacial score (nSPS) is 10.7. The van der Waals surface area contributed by atoms with Crippen LogP contribution in [-0.4, -0.2) is 16.6 Å². The number of rotatable bonds is 3. The SMILES string of the molecule is Cc1ccsc1CNC(=O)c1cccc(C#CC(C)(C)O)c1. The quantitative estimate of drug-likeness (QED) is 0.856. The van der Waals surface area contributed by atoms with E-state index in [0.29, 0.717) is 17.7 Å². The Morgan fingerprint density at radius 3 is 2.77 bits per heavy atom. The maximum atomic E-state index is 12.2. The molecule has 0 aliphatic heterocycles. The van der Waals surface area contributed by atoms with E-state index in [-0.39, 0.29) is 5.91 Å². The van der Waals surface area contributed by atoms with Crippen LogP contribution in [0.2, 0.25) is 0 Å². The first-order valence-corrected chi connectivity index (χ1v) is 7.90. The van der Waals surface area contributed by atoms with E-state index in [1.807, 2.05) is 24.4 Å². The zero-order valence-electron chi connectivity index (χ0n) is 12.9. The predicted octanol–water partition coefficient (Wildman–Crippen LogP) is 3.11. The summed E-state index contributed by atoms with van der Waals surface area (Å²) in [6, 6.07) is 9.14. The molecule has 0 fully saturated rings. The highest BCUT2D eigenvalue weighted by molar-refractivity contribution is 7.10. The van der Waals surface area contributed by atoms with E-state index in [9.17, 15) is 9.90 Å². The number of thiophene rings is 1. The molecule has 1 amide bonds. The van der Waals surface area contributed by atoms with Gasteiger partial charge in [-0.15, -0.1) is 11.3 Å². The summed E-state index contributed by atoms with van der Waals surface area (Å²) >= 11 is 1.64. The van der Waals surface area contributed by atoms with Gasteiger partial charge < -0.3 is 10.4 Å². The molecule has 0 saturated heterocycles. The Labute approximate surface area is 135 Å². The molecule has 1 aromatic carbocycles. The second-order valence-electron chi connectivity index (χ2n) is 5.60. The maximum Gasteiger partial charge on any atom is 0.251 e. The topological polar surface area (TPSA) is 49.3 Å². The van der Waals surface area contributed by atoms with Gasteiger partial charge in [-0.3, -0.25) is 4.79 Å². The van der Waals surface area contributed by atoms with Gasteiger partial charge in [0.05, 0.1) is 6.54 Å². The molecule has 3 nitrogen and oxygen atoms in total. The molecule has 114 valence electrons. The molecule has 2 aromatic rings. The molecule has 1 heterocycles. The first-order valence-electron chi connectivity index (χ1n) is 7.02. The fraction of sp³-hybridized carbons (Fsp3) is 0.278. The Balaban J connectivity index is 2.07. The minimum atomic E-state index is -1.05. The molecule has 0 saturated carbocycles. The van der Waals surface area contributed by atoms with Crippen molar-refractivity contribution in [3.8, 4) is 11.8 Å². The number of amides is 1. The molecule has 0 unspecified atom stereocenters. The molecular formula is C18H19NO2S. The number of benzene rings is 1. The van der Waals surface area contributed by atoms with E-state index in [1.54, 1.807) is 43.4 Å². The fourth-order valence-electron chi connectivity index (χ4n) is 1.81. The number of hydrogen-bond donors (Lipinski definition) is 2. The van der Waals surface area contributed by atoms with Gasteiger partial charge in [-0.1, -0.05) is 17.9 Å². The third kappa shape index (κ3) is 4.73. The highest BCUT2D eigenvalue weighted by Crippen LogP contribution is 2.15. The Morgan fingerprint density at radius 2 is 2.14 bits per heavy atom. The molecule has 4 heteroatoms. The first kappa shape index (κ1) is 16.3. The van der Waals surface area contributed by atoms with Crippen LogP contribution in [0.5, 0.6) is 0 Å². The molecule has 1 aromatic heterocycles. The van der Waals surface area contributed by atoms with Crippen LogP contribution in [0.3, 0.4) is 0 Å². The Kier molecular flexibility index (Phi) is 5.02. The van der Waals surface area contributed by atoms with Crippen molar-refractivity contribution in [2.75, 3.05) is 0 Å². The van der Waals surface area contributed by atoms with Gasteiger partial charge in [-0.2, -0.15) is 0 Å². The third-order valence-corrected chi connectivity index (χ3v) is 4.04. The van der Waals surface area contributed by atoms with Crippen molar-refractivity contribution in [2.24, 2.45) is 0 Å². The smallest absolute Gasteiger partial charge is 0.251 e. The van der Waals surface area contributed by atoms with Gasteiger partial charge in [0, 0.05) is 16.0 Å². The second kappa shape index (κ2) is 6.78. The summed E-state index contributed by atoms with van der Waals surface area (Å²) in [6.07, 6.45) is 0. The summed E-state index contributed by atoms with van der Waals surface area (Å²) in [4.78, 5) is 13.4. The van der Waals surface area contributed by atoms with E-state index < -0.39 is 5.60 Å². The minimum Gasteiger partial charge on any atom is -0.378 e. The number of nitrogens with one attached hydrogen (secondary N) is 1. The van der Waals surface area contributed by atoms with Crippen molar-refractivity contribution in [3.05, 3.63) is 57.3 Å². The van der Waals surface area contributed by atoms with Gasteiger partial charge in [0.25, 0.3) is 5.91 Å². The lowest BCUT2D eigenvalue weighted by molar-refractivity contribution is 0.0951. The number of hydrogen-bond acceptors (Lipinski definition) is 3. The van der Waals surface area contributed by atoms with E-state index in [2.05, 4.69) is 17.2 Å². The van der Waals surface area contributed by atoms with Crippen molar-refractivity contribution >= 4 is 17.2 Å². The lowest BCUT2D eigenvalue weighted by Crippen LogP contribution is -2.22. The van der Waals surface area contributed by atoms with E-state index >= 15 is 0 Å². The van der Waals surface area contributed by atoms with E-state index in [4.69, 9.17) is 0 Å². The summed E-state index contributed by atoms with van der Waals surface area (Å²) in [5.74, 6) is 5.50. The average molecular weight is 313 g/mol. The van der Waals surface area contributed by atoms with Crippen LogP contribution in [0.1, 0.15) is 40.2 Å². The number of aryl methyl sites for hydroxylation is 1. The fourth-order valence-corrected chi connectivity index (χ4v) is 2.66. The van der Waals surface area contributed by atoms with Gasteiger partial charge in [0.1, 0.15) is 5.60 Å². The van der Waals surface area contributed by atoms with Crippen LogP contribution >= 0.6 is 11.3 Å². The number of carbonyl (C=O) groups excluding carboxylic acids is 1. The highest BCUT2D eigenvalue weighted by atomic mass is 32.1. The summed E-state index contributed by atoms with van der Waals surface area (Å²) < 4.78 is 0. The van der Waals surface area contributed by atoms with Crippen molar-refractivity contribution < 1.29 is 9.90 Å². The number of carbonyl (C=O) groups is 1. The zero-order valence-corrected chi connectivity index (χ0v) is 13.8. The van der Waals surface area contributed by atoms with Crippen LogP contribution in [0.4, 0.5) is 0 Å². The molecule has 0 aliphatic rings. The molecule has 0 spiro atoms. The largest absolute Gasteiger partial charge is 0.378 e. The van der Waals surface area contributed by atoms with Crippen molar-refractivity contribution in [1.82, 2.24) is 5.32 Å². The van der Waals surface area contributed by atoms with Gasteiger partial charge in [-0.05, 0) is 56.0 Å². The van der Waals surface area contributed by atoms with E-state index in [1.165, 1.54) is 5.56 Å². The minimum absolute atomic E-state index is 0.125. The standard InChI is InChI=1S/C18H19NO2S/c1-13-8-10-22-16(13)12-19-17(20)15-6-4-5-14(11-15)7-9-18(2,3)21/h4-6,8,10-11,21H,12H2,1-3H3,(H,19,20). The Morgan fingerprint density at radius 1 is 1.36 bits per heavy atom. The molecule has 2 N–H and O–H groups in total. The monoisotopic (exact) mass is 313 g/mol. The maximum absolute atomic E-state index is 12.2. The molecular weight excluding hydrogens is 294 g/mol. The highest BCUT2D eigenvalue weighted by Gasteiger charge is 2.08. The van der Waals surface area contributed by atoms with Gasteiger partial charge >= 0.3 is 0 Å². The van der Waals surface area contributed by atoms with Crippen molar-refractivity contribution in [2.45, 2.75) is 32.9 Å². The molecule has 0 atom stereocenters. The zero-order chi connectivity index (χ0) is 16.2. The lowest BCUT2D eigenvalue weighted by atomic mass is 10.1. The molecule has 0 radical (unpaired) electrons. The number of aliphatic hydroxyl groups is 1. The molecule has 0 bridgehead atoms. The summed E-state index contributed by atoms with van der Waals surface area (Å²) in [5.41, 5.74) is 1.42. The summed E-state index contributed by atoms with van der Waals surface area (Å²) in [5, 5.41) is 14.6. The van der Waals surface area contributed by atoms with Gasteiger partial charge in [0.2, 0.25) is 0 Å². The molecule has 2 rings (SSSR count). The molecule has 22 heavy (non-hydrogen) atoms. The Bertz CT molecular complexity index is 729. The summed E-state index contributed by atoms with van der Waals surface area (Å²) in [6.45, 7) is 5.81. The van der Waals surface area contributed by atoms with Crippen molar-refractivity contribution in [3.63, 3.8) is 0 Å². The predicted molar refractivity (Wildman–Crippen MR) is 89.8 cm³/mol. The third-order valence-electron chi connectivity index (χ3n) is 3.02. The van der Waals surface area contributed by atoms with Gasteiger partial charge in [-0.25, -0.2) is 0 Å². The van der Waals surface area contributed by atoms with Crippen LogP contribution < -0.4 is 5.32 Å². The van der Waals surface area contributed by atoms with Crippen LogP contribution in [0, 0.1) is 18.8 Å². The lowest BCUT2D eigenvalue weighted by Gasteiger charge is -2.07. The van der Waals surface area contributed by atoms with Crippen molar-refractivity contribution in [1.29, 1.82) is 0 Å². The van der Waals surface area contributed by atoms with E-state index in [0.717, 1.165) is 4.88 Å². The van der Waals surface area contributed by atoms with Crippen LogP contribution in [0.25, 0.3) is 0 Å². The Hall–Kier alpha value is -2.09. The van der Waals surface area contributed by atoms with Crippen LogP contribution in [-0.2, 0) is 6.54 Å². The summed E-state index contributed by atoms with van der Waals surface area (Å²) in [7, 11) is 0. The van der Waals surface area contributed by atoms with Crippen LogP contribution in [0.15, 0.2) is 35.7 Å². The van der Waals surface area contributed by atoms with Gasteiger partial charge in [0.15, 0.2) is 0 Å². The molecule has 0 aliphatic carbocycles. The first-order chi connectivity index (χ1) is 10.3. The average Bonchev–Trinajstić information content (AvgIpc) is 2.87. The second-order valence-corrected chi connectivity index (χ2v) is 6.60.